The minimum atomic E-state index is -0.245. The van der Waals surface area contributed by atoms with Crippen LogP contribution < -0.4 is 10.6 Å². The molecular weight excluding hydrogens is 312 g/mol. The molecule has 2 unspecified atom stereocenters. The van der Waals surface area contributed by atoms with Crippen molar-refractivity contribution in [2.45, 2.75) is 33.1 Å². The van der Waals surface area contributed by atoms with Gasteiger partial charge in [-0.25, -0.2) is 0 Å². The highest BCUT2D eigenvalue weighted by Gasteiger charge is 2.48. The average molecular weight is 336 g/mol. The van der Waals surface area contributed by atoms with Crippen LogP contribution in [0.4, 0.5) is 11.4 Å². The summed E-state index contributed by atoms with van der Waals surface area (Å²) in [4.78, 5) is 24.8. The fraction of sp³-hybridized carbons (Fsp3) is 0.333. The number of anilines is 2. The van der Waals surface area contributed by atoms with Crippen LogP contribution >= 0.6 is 0 Å². The van der Waals surface area contributed by atoms with Gasteiger partial charge < -0.3 is 10.6 Å². The van der Waals surface area contributed by atoms with Crippen LogP contribution in [-0.2, 0) is 9.59 Å². The number of hydrogen-bond donors (Lipinski definition) is 2. The van der Waals surface area contributed by atoms with Gasteiger partial charge in [-0.05, 0) is 43.0 Å². The van der Waals surface area contributed by atoms with E-state index in [-0.39, 0.29) is 23.7 Å². The van der Waals surface area contributed by atoms with Crippen molar-refractivity contribution in [1.82, 2.24) is 0 Å². The van der Waals surface area contributed by atoms with Gasteiger partial charge in [0.15, 0.2) is 0 Å². The molecule has 4 nitrogen and oxygen atoms in total. The van der Waals surface area contributed by atoms with Gasteiger partial charge in [0.25, 0.3) is 0 Å². The Morgan fingerprint density at radius 3 is 2.16 bits per heavy atom. The highest BCUT2D eigenvalue weighted by atomic mass is 16.2. The van der Waals surface area contributed by atoms with Crippen LogP contribution in [0.2, 0.25) is 0 Å². The Morgan fingerprint density at radius 1 is 0.920 bits per heavy atom. The molecule has 4 heteroatoms. The van der Waals surface area contributed by atoms with E-state index in [1.165, 1.54) is 0 Å². The summed E-state index contributed by atoms with van der Waals surface area (Å²) in [6, 6.07) is 15.5. The number of carbonyl (C=O) groups is 2. The molecule has 0 aromatic heterocycles. The molecule has 1 aliphatic carbocycles. The zero-order valence-electron chi connectivity index (χ0n) is 14.9. The maximum absolute atomic E-state index is 12.5. The van der Waals surface area contributed by atoms with E-state index in [0.29, 0.717) is 12.3 Å². The zero-order chi connectivity index (χ0) is 18.0. The molecule has 2 aromatic carbocycles. The molecule has 0 saturated heterocycles. The van der Waals surface area contributed by atoms with Gasteiger partial charge in [-0.1, -0.05) is 49.7 Å². The van der Waals surface area contributed by atoms with Crippen LogP contribution in [0.5, 0.6) is 0 Å². The lowest BCUT2D eigenvalue weighted by Crippen LogP contribution is -2.21. The van der Waals surface area contributed by atoms with Gasteiger partial charge in [0.2, 0.25) is 11.8 Å². The average Bonchev–Trinajstić information content (AvgIpc) is 3.38. The number of benzene rings is 2. The molecule has 2 N–H and O–H groups in total. The highest BCUT2D eigenvalue weighted by molar-refractivity contribution is 6.03. The van der Waals surface area contributed by atoms with Crippen molar-refractivity contribution in [3.8, 4) is 0 Å². The quantitative estimate of drug-likeness (QED) is 0.854. The van der Waals surface area contributed by atoms with Gasteiger partial charge in [-0.15, -0.1) is 0 Å². The van der Waals surface area contributed by atoms with Crippen molar-refractivity contribution in [3.63, 3.8) is 0 Å². The second-order valence-corrected chi connectivity index (χ2v) is 7.04. The number of nitrogens with one attached hydrogen (secondary N) is 2. The largest absolute Gasteiger partial charge is 0.326 e. The van der Waals surface area contributed by atoms with Crippen molar-refractivity contribution in [2.75, 3.05) is 10.6 Å². The minimum Gasteiger partial charge on any atom is -0.326 e. The second-order valence-electron chi connectivity index (χ2n) is 7.04. The summed E-state index contributed by atoms with van der Waals surface area (Å²) in [6.07, 6.45) is 0.605. The lowest BCUT2D eigenvalue weighted by Gasteiger charge is -2.13. The van der Waals surface area contributed by atoms with Gasteiger partial charge in [0, 0.05) is 11.4 Å². The Kier molecular flexibility index (Phi) is 4.88. The third-order valence-corrected chi connectivity index (χ3v) is 4.62. The molecule has 0 aliphatic heterocycles. The normalized spacial score (nSPS) is 18.7. The molecule has 0 radical (unpaired) electrons. The van der Waals surface area contributed by atoms with Crippen LogP contribution in [0.3, 0.4) is 0 Å². The molecule has 2 aromatic rings. The number of carbonyl (C=O) groups excluding carboxylic acids is 2. The van der Waals surface area contributed by atoms with E-state index >= 15 is 0 Å². The first-order valence-corrected chi connectivity index (χ1v) is 8.73. The van der Waals surface area contributed by atoms with E-state index in [4.69, 9.17) is 0 Å². The lowest BCUT2D eigenvalue weighted by molar-refractivity contribution is -0.122. The van der Waals surface area contributed by atoms with E-state index in [0.717, 1.165) is 22.5 Å². The summed E-state index contributed by atoms with van der Waals surface area (Å²) >= 11 is 0. The van der Waals surface area contributed by atoms with Gasteiger partial charge in [0.05, 0.1) is 11.8 Å². The predicted molar refractivity (Wildman–Crippen MR) is 101 cm³/mol. The summed E-state index contributed by atoms with van der Waals surface area (Å²) < 4.78 is 0. The van der Waals surface area contributed by atoms with E-state index < -0.39 is 0 Å². The number of rotatable bonds is 5. The first-order valence-electron chi connectivity index (χ1n) is 8.73. The van der Waals surface area contributed by atoms with Crippen molar-refractivity contribution < 1.29 is 9.59 Å². The standard InChI is InChI=1S/C21H24N2O2/c1-13(2)16-6-4-5-7-19(16)23-21(25)18-12-17(18)20(24)22-15-10-8-14(3)9-11-15/h4-11,13,17-18H,12H2,1-3H3,(H,22,24)(H,23,25). The Hall–Kier alpha value is -2.62. The van der Waals surface area contributed by atoms with Crippen LogP contribution in [0.1, 0.15) is 37.3 Å². The van der Waals surface area contributed by atoms with Crippen LogP contribution in [-0.4, -0.2) is 11.8 Å². The Bertz CT molecular complexity index is 781. The molecule has 1 fully saturated rings. The Morgan fingerprint density at radius 2 is 1.52 bits per heavy atom. The maximum Gasteiger partial charge on any atom is 0.228 e. The predicted octanol–water partition coefficient (Wildman–Crippen LogP) is 4.33. The van der Waals surface area contributed by atoms with Crippen molar-refractivity contribution in [2.24, 2.45) is 11.8 Å². The SMILES string of the molecule is Cc1ccc(NC(=O)C2CC2C(=O)Nc2ccccc2C(C)C)cc1. The molecule has 1 aliphatic rings. The molecule has 1 saturated carbocycles. The van der Waals surface area contributed by atoms with E-state index in [1.807, 2.05) is 55.5 Å². The molecule has 3 rings (SSSR count). The first kappa shape index (κ1) is 17.2. The van der Waals surface area contributed by atoms with E-state index in [9.17, 15) is 9.59 Å². The van der Waals surface area contributed by atoms with Gasteiger partial charge in [0.1, 0.15) is 0 Å². The van der Waals surface area contributed by atoms with Crippen LogP contribution in [0, 0.1) is 18.8 Å². The van der Waals surface area contributed by atoms with Gasteiger partial charge in [-0.3, -0.25) is 9.59 Å². The fourth-order valence-corrected chi connectivity index (χ4v) is 2.99. The van der Waals surface area contributed by atoms with Crippen molar-refractivity contribution in [1.29, 1.82) is 0 Å². The number of para-hydroxylation sites is 1. The third-order valence-electron chi connectivity index (χ3n) is 4.62. The Labute approximate surface area is 148 Å². The number of amides is 2. The van der Waals surface area contributed by atoms with E-state index in [1.54, 1.807) is 0 Å². The summed E-state index contributed by atoms with van der Waals surface area (Å²) in [6.45, 7) is 6.20. The summed E-state index contributed by atoms with van der Waals surface area (Å²) in [5.41, 5.74) is 3.86. The molecule has 25 heavy (non-hydrogen) atoms. The van der Waals surface area contributed by atoms with Crippen LogP contribution in [0.25, 0.3) is 0 Å². The molecule has 0 spiro atoms. The zero-order valence-corrected chi connectivity index (χ0v) is 14.9. The summed E-state index contributed by atoms with van der Waals surface area (Å²) in [7, 11) is 0. The first-order chi connectivity index (χ1) is 12.0. The summed E-state index contributed by atoms with van der Waals surface area (Å²) in [5, 5.41) is 5.88. The Balaban J connectivity index is 1.59. The fourth-order valence-electron chi connectivity index (χ4n) is 2.99. The maximum atomic E-state index is 12.5. The molecule has 130 valence electrons. The topological polar surface area (TPSA) is 58.2 Å². The van der Waals surface area contributed by atoms with Gasteiger partial charge in [-0.2, -0.15) is 0 Å². The third kappa shape index (κ3) is 4.08. The minimum absolute atomic E-state index is 0.0721. The molecule has 2 amide bonds. The molecule has 2 atom stereocenters. The van der Waals surface area contributed by atoms with E-state index in [2.05, 4.69) is 24.5 Å². The molecule has 0 heterocycles. The molecular formula is C21H24N2O2. The smallest absolute Gasteiger partial charge is 0.228 e. The number of hydrogen-bond acceptors (Lipinski definition) is 2. The van der Waals surface area contributed by atoms with Crippen molar-refractivity contribution in [3.05, 3.63) is 59.7 Å². The molecule has 0 bridgehead atoms. The highest BCUT2D eigenvalue weighted by Crippen LogP contribution is 2.40. The lowest BCUT2D eigenvalue weighted by atomic mass is 10.0. The van der Waals surface area contributed by atoms with Crippen LogP contribution in [0.15, 0.2) is 48.5 Å². The number of aryl methyl sites for hydroxylation is 1. The monoisotopic (exact) mass is 336 g/mol. The summed E-state index contributed by atoms with van der Waals surface area (Å²) in [5.74, 6) is -0.312. The van der Waals surface area contributed by atoms with Crippen molar-refractivity contribution >= 4 is 23.2 Å². The van der Waals surface area contributed by atoms with Gasteiger partial charge >= 0.3 is 0 Å². The second kappa shape index (κ2) is 7.09.